The number of alkyl halides is 1. The van der Waals surface area contributed by atoms with Gasteiger partial charge in [-0.15, -0.1) is 11.6 Å². The van der Waals surface area contributed by atoms with Gasteiger partial charge in [0.05, 0.1) is 12.0 Å². The summed E-state index contributed by atoms with van der Waals surface area (Å²) in [5.74, 6) is 0.114. The van der Waals surface area contributed by atoms with Gasteiger partial charge in [-0.3, -0.25) is 0 Å². The van der Waals surface area contributed by atoms with E-state index < -0.39 is 0 Å². The molecule has 1 atom stereocenters. The topological polar surface area (TPSA) is 23.8 Å². The Hall–Kier alpha value is -1.52. The van der Waals surface area contributed by atoms with Crippen molar-refractivity contribution in [3.63, 3.8) is 0 Å². The summed E-state index contributed by atoms with van der Waals surface area (Å²) in [5, 5.41) is 11.3. The molecule has 15 heavy (non-hydrogen) atoms. The molecule has 0 aliphatic heterocycles. The van der Waals surface area contributed by atoms with Gasteiger partial charge >= 0.3 is 0 Å². The molecule has 74 valence electrons. The van der Waals surface area contributed by atoms with Crippen LogP contribution in [-0.2, 0) is 0 Å². The third-order valence-electron chi connectivity index (χ3n) is 2.51. The lowest BCUT2D eigenvalue weighted by atomic mass is 9.96. The van der Waals surface area contributed by atoms with Crippen molar-refractivity contribution in [2.75, 3.05) is 5.88 Å². The fourth-order valence-electron chi connectivity index (χ4n) is 1.74. The second-order valence-corrected chi connectivity index (χ2v) is 3.71. The van der Waals surface area contributed by atoms with E-state index in [9.17, 15) is 0 Å². The minimum Gasteiger partial charge on any atom is -0.198 e. The molecule has 2 aromatic carbocycles. The highest BCUT2D eigenvalue weighted by Crippen LogP contribution is 2.25. The van der Waals surface area contributed by atoms with Crippen LogP contribution in [-0.4, -0.2) is 5.88 Å². The first-order valence-corrected chi connectivity index (χ1v) is 5.33. The monoisotopic (exact) mass is 215 g/mol. The van der Waals surface area contributed by atoms with Crippen LogP contribution in [0.4, 0.5) is 0 Å². The second kappa shape index (κ2) is 4.33. The van der Waals surface area contributed by atoms with Crippen LogP contribution in [0.5, 0.6) is 0 Å². The Labute approximate surface area is 93.9 Å². The fraction of sp³-hybridized carbons (Fsp3) is 0.154. The summed E-state index contributed by atoms with van der Waals surface area (Å²) < 4.78 is 0. The molecule has 0 N–H and O–H groups in total. The highest BCUT2D eigenvalue weighted by atomic mass is 35.5. The van der Waals surface area contributed by atoms with Gasteiger partial charge < -0.3 is 0 Å². The molecule has 0 saturated heterocycles. The third-order valence-corrected chi connectivity index (χ3v) is 2.82. The van der Waals surface area contributed by atoms with Crippen molar-refractivity contribution >= 4 is 22.4 Å². The summed E-state index contributed by atoms with van der Waals surface area (Å²) in [4.78, 5) is 0. The third kappa shape index (κ3) is 1.82. The summed E-state index contributed by atoms with van der Waals surface area (Å²) in [6.45, 7) is 0. The number of hydrogen-bond donors (Lipinski definition) is 0. The fourth-order valence-corrected chi connectivity index (χ4v) is 1.98. The zero-order chi connectivity index (χ0) is 10.7. The van der Waals surface area contributed by atoms with Crippen LogP contribution in [0.1, 0.15) is 11.5 Å². The number of nitriles is 1. The molecule has 0 saturated carbocycles. The van der Waals surface area contributed by atoms with Gasteiger partial charge in [-0.25, -0.2) is 0 Å². The van der Waals surface area contributed by atoms with Crippen molar-refractivity contribution in [1.82, 2.24) is 0 Å². The molecule has 0 amide bonds. The van der Waals surface area contributed by atoms with Gasteiger partial charge in [-0.2, -0.15) is 5.26 Å². The number of nitrogens with zero attached hydrogens (tertiary/aromatic N) is 1. The lowest BCUT2D eigenvalue weighted by molar-refractivity contribution is 1.00. The summed E-state index contributed by atoms with van der Waals surface area (Å²) >= 11 is 5.78. The molecule has 2 aromatic rings. The maximum Gasteiger partial charge on any atom is 0.0853 e. The SMILES string of the molecule is N#C[C@@H](CCl)c1cccc2ccccc12. The van der Waals surface area contributed by atoms with Crippen LogP contribution < -0.4 is 0 Å². The van der Waals surface area contributed by atoms with Gasteiger partial charge in [0.15, 0.2) is 0 Å². The number of hydrogen-bond acceptors (Lipinski definition) is 1. The van der Waals surface area contributed by atoms with Gasteiger partial charge in [0, 0.05) is 5.88 Å². The Morgan fingerprint density at radius 3 is 2.60 bits per heavy atom. The molecule has 1 nitrogen and oxygen atoms in total. The first-order chi connectivity index (χ1) is 7.36. The molecule has 0 aromatic heterocycles. The van der Waals surface area contributed by atoms with E-state index in [-0.39, 0.29) is 5.92 Å². The molecule has 2 rings (SSSR count). The van der Waals surface area contributed by atoms with Crippen LogP contribution in [0.15, 0.2) is 42.5 Å². The Morgan fingerprint density at radius 1 is 1.13 bits per heavy atom. The van der Waals surface area contributed by atoms with Crippen molar-refractivity contribution in [3.05, 3.63) is 48.0 Å². The minimum atomic E-state index is -0.224. The first kappa shape index (κ1) is 10.0. The van der Waals surface area contributed by atoms with E-state index in [1.54, 1.807) is 0 Å². The molecular formula is C13H10ClN. The maximum absolute atomic E-state index is 9.00. The predicted octanol–water partition coefficient (Wildman–Crippen LogP) is 3.69. The lowest BCUT2D eigenvalue weighted by Gasteiger charge is -2.09. The molecule has 0 bridgehead atoms. The normalized spacial score (nSPS) is 12.3. The van der Waals surface area contributed by atoms with Crippen LogP contribution >= 0.6 is 11.6 Å². The van der Waals surface area contributed by atoms with E-state index in [4.69, 9.17) is 16.9 Å². The Morgan fingerprint density at radius 2 is 1.87 bits per heavy atom. The van der Waals surface area contributed by atoms with E-state index in [1.807, 2.05) is 42.5 Å². The summed E-state index contributed by atoms with van der Waals surface area (Å²) in [6, 6.07) is 16.3. The molecule has 0 fully saturated rings. The number of fused-ring (bicyclic) bond motifs is 1. The van der Waals surface area contributed by atoms with Crippen molar-refractivity contribution in [3.8, 4) is 6.07 Å². The van der Waals surface area contributed by atoms with Gasteiger partial charge in [0.2, 0.25) is 0 Å². The molecule has 0 radical (unpaired) electrons. The number of benzene rings is 2. The molecule has 0 heterocycles. The summed E-state index contributed by atoms with van der Waals surface area (Å²) in [7, 11) is 0. The van der Waals surface area contributed by atoms with Crippen molar-refractivity contribution in [2.24, 2.45) is 0 Å². The van der Waals surface area contributed by atoms with Gasteiger partial charge in [0.25, 0.3) is 0 Å². The van der Waals surface area contributed by atoms with E-state index in [2.05, 4.69) is 6.07 Å². The standard InChI is InChI=1S/C13H10ClN/c14-8-11(9-15)13-7-3-5-10-4-1-2-6-12(10)13/h1-7,11H,8H2/t11-/m1/s1. The zero-order valence-electron chi connectivity index (χ0n) is 8.15. The largest absolute Gasteiger partial charge is 0.198 e. The average Bonchev–Trinajstić information content (AvgIpc) is 2.31. The quantitative estimate of drug-likeness (QED) is 0.701. The first-order valence-electron chi connectivity index (χ1n) is 4.80. The average molecular weight is 216 g/mol. The van der Waals surface area contributed by atoms with Gasteiger partial charge in [-0.05, 0) is 16.3 Å². The van der Waals surface area contributed by atoms with Crippen molar-refractivity contribution < 1.29 is 0 Å². The number of rotatable bonds is 2. The Bertz CT molecular complexity index is 508. The lowest BCUT2D eigenvalue weighted by Crippen LogP contribution is -1.97. The highest BCUT2D eigenvalue weighted by Gasteiger charge is 2.11. The molecule has 2 heteroatoms. The summed E-state index contributed by atoms with van der Waals surface area (Å²) in [5.41, 5.74) is 1.02. The molecule has 0 unspecified atom stereocenters. The van der Waals surface area contributed by atoms with Crippen LogP contribution in [0.2, 0.25) is 0 Å². The van der Waals surface area contributed by atoms with Crippen LogP contribution in [0.3, 0.4) is 0 Å². The molecule has 0 aliphatic carbocycles. The second-order valence-electron chi connectivity index (χ2n) is 3.40. The molecule has 0 spiro atoms. The Balaban J connectivity index is 2.66. The van der Waals surface area contributed by atoms with Crippen LogP contribution in [0.25, 0.3) is 10.8 Å². The minimum absolute atomic E-state index is 0.224. The summed E-state index contributed by atoms with van der Waals surface area (Å²) in [6.07, 6.45) is 0. The zero-order valence-corrected chi connectivity index (χ0v) is 8.91. The van der Waals surface area contributed by atoms with E-state index in [0.29, 0.717) is 5.88 Å². The highest BCUT2D eigenvalue weighted by molar-refractivity contribution is 6.18. The van der Waals surface area contributed by atoms with Gasteiger partial charge in [-0.1, -0.05) is 42.5 Å². The number of halogens is 1. The Kier molecular flexibility index (Phi) is 2.89. The van der Waals surface area contributed by atoms with E-state index >= 15 is 0 Å². The maximum atomic E-state index is 9.00. The molecule has 0 aliphatic rings. The van der Waals surface area contributed by atoms with Crippen molar-refractivity contribution in [1.29, 1.82) is 5.26 Å². The van der Waals surface area contributed by atoms with Gasteiger partial charge in [0.1, 0.15) is 0 Å². The smallest absolute Gasteiger partial charge is 0.0853 e. The van der Waals surface area contributed by atoms with E-state index in [0.717, 1.165) is 16.3 Å². The van der Waals surface area contributed by atoms with E-state index in [1.165, 1.54) is 0 Å². The predicted molar refractivity (Wildman–Crippen MR) is 63.0 cm³/mol. The van der Waals surface area contributed by atoms with Crippen molar-refractivity contribution in [2.45, 2.75) is 5.92 Å². The molecular weight excluding hydrogens is 206 g/mol. The van der Waals surface area contributed by atoms with Crippen LogP contribution in [0, 0.1) is 11.3 Å².